The van der Waals surface area contributed by atoms with E-state index in [2.05, 4.69) is 34.7 Å². The molecule has 7 heteroatoms. The van der Waals surface area contributed by atoms with E-state index in [4.69, 9.17) is 16.6 Å². The van der Waals surface area contributed by atoms with Gasteiger partial charge < -0.3 is 9.88 Å². The second kappa shape index (κ2) is 7.98. The van der Waals surface area contributed by atoms with Gasteiger partial charge in [0.05, 0.1) is 22.1 Å². The highest BCUT2D eigenvalue weighted by molar-refractivity contribution is 7.18. The van der Waals surface area contributed by atoms with Crippen LogP contribution in [0.3, 0.4) is 0 Å². The van der Waals surface area contributed by atoms with Crippen molar-refractivity contribution in [3.8, 4) is 0 Å². The number of halogens is 1. The number of rotatable bonds is 3. The van der Waals surface area contributed by atoms with Crippen LogP contribution < -0.4 is 10.5 Å². The number of H-pyrrole nitrogens is 1. The Kier molecular flexibility index (Phi) is 5.33. The van der Waals surface area contributed by atoms with Gasteiger partial charge in [-0.25, -0.2) is 4.98 Å². The zero-order valence-corrected chi connectivity index (χ0v) is 19.0. The molecule has 0 radical (unpaired) electrons. The van der Waals surface area contributed by atoms with Gasteiger partial charge in [0.15, 0.2) is 0 Å². The Morgan fingerprint density at radius 1 is 1.23 bits per heavy atom. The summed E-state index contributed by atoms with van der Waals surface area (Å²) < 4.78 is 0. The smallest absolute Gasteiger partial charge is 0.259 e. The number of thiophene rings is 1. The first-order valence-electron chi connectivity index (χ1n) is 10.8. The molecule has 1 aliphatic carbocycles. The fraction of sp³-hybridized carbons (Fsp3) is 0.478. The lowest BCUT2D eigenvalue weighted by Crippen LogP contribution is -2.47. The van der Waals surface area contributed by atoms with E-state index < -0.39 is 0 Å². The molecule has 3 aromatic rings. The number of hydrogen-bond donors (Lipinski definition) is 1. The van der Waals surface area contributed by atoms with Gasteiger partial charge in [-0.1, -0.05) is 30.7 Å². The molecule has 158 valence electrons. The third kappa shape index (κ3) is 3.55. The van der Waals surface area contributed by atoms with Crippen LogP contribution in [0, 0.1) is 5.92 Å². The van der Waals surface area contributed by atoms with Gasteiger partial charge in [0.2, 0.25) is 0 Å². The first-order valence-corrected chi connectivity index (χ1v) is 12.0. The van der Waals surface area contributed by atoms with Crippen LogP contribution in [0.2, 0.25) is 5.02 Å². The molecule has 5 rings (SSSR count). The maximum absolute atomic E-state index is 12.9. The van der Waals surface area contributed by atoms with Gasteiger partial charge in [-0.2, -0.15) is 0 Å². The van der Waals surface area contributed by atoms with Crippen LogP contribution in [0.15, 0.2) is 29.1 Å². The van der Waals surface area contributed by atoms with Gasteiger partial charge in [-0.3, -0.25) is 9.69 Å². The van der Waals surface area contributed by atoms with Crippen molar-refractivity contribution >= 4 is 38.8 Å². The Bertz CT molecular complexity index is 1130. The molecule has 2 aromatic heterocycles. The lowest BCUT2D eigenvalue weighted by atomic mass is 9.89. The summed E-state index contributed by atoms with van der Waals surface area (Å²) in [5.74, 6) is 1.47. The molecule has 2 unspecified atom stereocenters. The van der Waals surface area contributed by atoms with E-state index in [1.807, 2.05) is 18.2 Å². The summed E-state index contributed by atoms with van der Waals surface area (Å²) in [7, 11) is 0. The lowest BCUT2D eigenvalue weighted by molar-refractivity contribution is 0.192. The van der Waals surface area contributed by atoms with E-state index >= 15 is 0 Å². The average Bonchev–Trinajstić information content (AvgIpc) is 3.11. The summed E-state index contributed by atoms with van der Waals surface area (Å²) in [5.41, 5.74) is 2.37. The Labute approximate surface area is 185 Å². The van der Waals surface area contributed by atoms with Crippen LogP contribution in [0.1, 0.15) is 42.6 Å². The van der Waals surface area contributed by atoms with Crippen LogP contribution >= 0.6 is 22.9 Å². The number of para-hydroxylation sites is 1. The van der Waals surface area contributed by atoms with Gasteiger partial charge in [0.1, 0.15) is 10.7 Å². The van der Waals surface area contributed by atoms with Crippen molar-refractivity contribution < 1.29 is 0 Å². The van der Waals surface area contributed by atoms with Crippen LogP contribution in [0.5, 0.6) is 0 Å². The molecular weight excluding hydrogens is 416 g/mol. The molecule has 1 aliphatic heterocycles. The minimum Gasteiger partial charge on any atom is -0.368 e. The molecule has 1 N–H and O–H groups in total. The maximum Gasteiger partial charge on any atom is 0.259 e. The van der Waals surface area contributed by atoms with E-state index in [1.54, 1.807) is 11.3 Å². The van der Waals surface area contributed by atoms with E-state index in [9.17, 15) is 4.79 Å². The minimum atomic E-state index is 0.0311. The van der Waals surface area contributed by atoms with Crippen LogP contribution in [-0.2, 0) is 12.8 Å². The summed E-state index contributed by atoms with van der Waals surface area (Å²) in [6.45, 7) is 8.07. The normalized spacial score (nSPS) is 21.0. The zero-order valence-electron chi connectivity index (χ0n) is 17.4. The van der Waals surface area contributed by atoms with Crippen molar-refractivity contribution in [1.29, 1.82) is 0 Å². The van der Waals surface area contributed by atoms with Crippen LogP contribution in [0.25, 0.3) is 10.2 Å². The number of aryl methyl sites for hydroxylation is 1. The largest absolute Gasteiger partial charge is 0.368 e. The number of nitrogens with one attached hydrogen (secondary N) is 1. The summed E-state index contributed by atoms with van der Waals surface area (Å²) in [4.78, 5) is 28.0. The summed E-state index contributed by atoms with van der Waals surface area (Å²) in [6, 6.07) is 8.09. The number of benzene rings is 1. The van der Waals surface area contributed by atoms with E-state index in [-0.39, 0.29) is 11.6 Å². The van der Waals surface area contributed by atoms with E-state index in [0.717, 1.165) is 72.2 Å². The number of piperazine rings is 1. The molecule has 2 aliphatic rings. The van der Waals surface area contributed by atoms with Crippen molar-refractivity contribution in [2.45, 2.75) is 39.2 Å². The minimum absolute atomic E-state index is 0.0311. The Morgan fingerprint density at radius 3 is 2.77 bits per heavy atom. The van der Waals surface area contributed by atoms with Crippen molar-refractivity contribution in [2.75, 3.05) is 31.1 Å². The molecule has 0 saturated carbocycles. The Hall–Kier alpha value is -1.89. The number of anilines is 1. The van der Waals surface area contributed by atoms with Gasteiger partial charge in [0.25, 0.3) is 5.56 Å². The topological polar surface area (TPSA) is 52.2 Å². The van der Waals surface area contributed by atoms with Gasteiger partial charge in [-0.15, -0.1) is 11.3 Å². The third-order valence-corrected chi connectivity index (χ3v) is 8.10. The lowest BCUT2D eigenvalue weighted by Gasteiger charge is -2.39. The standard InChI is InChI=1S/C23H27ClN4OS/c1-14-7-8-16-19(13-14)30-23-20(16)22(29)25-21(26-23)15(2)27-9-11-28(12-10-27)18-6-4-3-5-17(18)24/h3-6,14-15H,7-13H2,1-2H3,(H,25,26,29). The molecule has 1 saturated heterocycles. The number of aromatic amines is 1. The van der Waals surface area contributed by atoms with Crippen molar-refractivity contribution in [3.63, 3.8) is 0 Å². The molecule has 30 heavy (non-hydrogen) atoms. The number of nitrogens with zero attached hydrogens (tertiary/aromatic N) is 3. The molecule has 0 amide bonds. The van der Waals surface area contributed by atoms with Crippen LogP contribution in [-0.4, -0.2) is 41.0 Å². The monoisotopic (exact) mass is 442 g/mol. The molecule has 1 aromatic carbocycles. The fourth-order valence-corrected chi connectivity index (χ4v) is 6.44. The molecule has 5 nitrogen and oxygen atoms in total. The molecule has 2 atom stereocenters. The highest BCUT2D eigenvalue weighted by Crippen LogP contribution is 2.36. The SMILES string of the molecule is CC1CCc2c(sc3nc(C(C)N4CCN(c5ccccc5Cl)CC4)[nH]c(=O)c23)C1. The third-order valence-electron chi connectivity index (χ3n) is 6.63. The highest BCUT2D eigenvalue weighted by atomic mass is 35.5. The maximum atomic E-state index is 12.9. The highest BCUT2D eigenvalue weighted by Gasteiger charge is 2.27. The van der Waals surface area contributed by atoms with Gasteiger partial charge in [-0.05, 0) is 49.8 Å². The number of aromatic nitrogens is 2. The van der Waals surface area contributed by atoms with Crippen molar-refractivity contribution in [3.05, 3.63) is 55.9 Å². The predicted molar refractivity (Wildman–Crippen MR) is 125 cm³/mol. The summed E-state index contributed by atoms with van der Waals surface area (Å²) in [5, 5.41) is 1.63. The average molecular weight is 443 g/mol. The second-order valence-electron chi connectivity index (χ2n) is 8.63. The quantitative estimate of drug-likeness (QED) is 0.641. The Morgan fingerprint density at radius 2 is 2.00 bits per heavy atom. The molecule has 0 bridgehead atoms. The zero-order chi connectivity index (χ0) is 20.8. The molecule has 1 fully saturated rings. The second-order valence-corrected chi connectivity index (χ2v) is 10.1. The summed E-state index contributed by atoms with van der Waals surface area (Å²) >= 11 is 8.10. The van der Waals surface area contributed by atoms with Crippen LogP contribution in [0.4, 0.5) is 5.69 Å². The fourth-order valence-electron chi connectivity index (χ4n) is 4.79. The Balaban J connectivity index is 1.36. The molecule has 3 heterocycles. The van der Waals surface area contributed by atoms with E-state index in [0.29, 0.717) is 5.92 Å². The first-order chi connectivity index (χ1) is 14.5. The van der Waals surface area contributed by atoms with Crippen molar-refractivity contribution in [2.24, 2.45) is 5.92 Å². The number of fused-ring (bicyclic) bond motifs is 3. The number of hydrogen-bond acceptors (Lipinski definition) is 5. The van der Waals surface area contributed by atoms with E-state index in [1.165, 1.54) is 10.4 Å². The van der Waals surface area contributed by atoms with Crippen molar-refractivity contribution in [1.82, 2.24) is 14.9 Å². The predicted octanol–water partition coefficient (Wildman–Crippen LogP) is 4.65. The molecular formula is C23H27ClN4OS. The summed E-state index contributed by atoms with van der Waals surface area (Å²) in [6.07, 6.45) is 3.23. The molecule has 0 spiro atoms. The van der Waals surface area contributed by atoms with Gasteiger partial charge >= 0.3 is 0 Å². The van der Waals surface area contributed by atoms with Gasteiger partial charge in [0, 0.05) is 31.1 Å². The first kappa shape index (κ1) is 20.0.